The molecule has 0 spiro atoms. The van der Waals surface area contributed by atoms with Gasteiger partial charge in [-0.1, -0.05) is 12.1 Å². The van der Waals surface area contributed by atoms with Crippen molar-refractivity contribution < 1.29 is 9.50 Å². The summed E-state index contributed by atoms with van der Waals surface area (Å²) in [5.41, 5.74) is 1.70. The minimum absolute atomic E-state index is 0.230. The van der Waals surface area contributed by atoms with Crippen LogP contribution in [0.4, 0.5) is 9.52 Å². The molecule has 5 heteroatoms. The lowest BCUT2D eigenvalue weighted by Crippen LogP contribution is -2.16. The Morgan fingerprint density at radius 3 is 2.61 bits per heavy atom. The van der Waals surface area contributed by atoms with E-state index in [2.05, 4.69) is 4.98 Å². The van der Waals surface area contributed by atoms with E-state index in [1.807, 2.05) is 17.3 Å². The first kappa shape index (κ1) is 13.0. The molecule has 1 atom stereocenters. The van der Waals surface area contributed by atoms with Crippen molar-refractivity contribution in [1.82, 2.24) is 4.98 Å². The minimum atomic E-state index is -0.547. The second-order valence-corrected chi connectivity index (χ2v) is 5.05. The van der Waals surface area contributed by atoms with Crippen LogP contribution in [-0.4, -0.2) is 17.1 Å². The smallest absolute Gasteiger partial charge is 0.185 e. The molecule has 3 nitrogen and oxygen atoms in total. The number of nitrogens with zero attached hydrogens (tertiary/aromatic N) is 2. The maximum absolute atomic E-state index is 12.8. The van der Waals surface area contributed by atoms with Gasteiger partial charge < -0.3 is 10.0 Å². The monoisotopic (exact) mass is 266 g/mol. The number of rotatable bonds is 4. The van der Waals surface area contributed by atoms with Crippen LogP contribution in [0.2, 0.25) is 0 Å². The van der Waals surface area contributed by atoms with Gasteiger partial charge in [0.2, 0.25) is 0 Å². The fraction of sp³-hybridized carbons (Fsp3) is 0.308. The van der Waals surface area contributed by atoms with Gasteiger partial charge in [-0.2, -0.15) is 0 Å². The normalized spacial score (nSPS) is 12.4. The van der Waals surface area contributed by atoms with Gasteiger partial charge in [0, 0.05) is 19.0 Å². The van der Waals surface area contributed by atoms with E-state index >= 15 is 0 Å². The molecule has 0 saturated heterocycles. The lowest BCUT2D eigenvalue weighted by Gasteiger charge is -2.15. The van der Waals surface area contributed by atoms with E-state index < -0.39 is 6.10 Å². The van der Waals surface area contributed by atoms with Gasteiger partial charge >= 0.3 is 0 Å². The number of anilines is 1. The highest BCUT2D eigenvalue weighted by molar-refractivity contribution is 7.13. The summed E-state index contributed by atoms with van der Waals surface area (Å²) in [5, 5.41) is 12.1. The topological polar surface area (TPSA) is 36.4 Å². The second kappa shape index (κ2) is 5.46. The highest BCUT2D eigenvalue weighted by atomic mass is 32.1. The molecule has 0 saturated carbocycles. The first-order valence-corrected chi connectivity index (χ1v) is 6.53. The number of halogens is 1. The van der Waals surface area contributed by atoms with Crippen molar-refractivity contribution in [2.75, 3.05) is 11.9 Å². The summed E-state index contributed by atoms with van der Waals surface area (Å²) >= 11 is 1.49. The van der Waals surface area contributed by atoms with Gasteiger partial charge in [0.1, 0.15) is 5.82 Å². The van der Waals surface area contributed by atoms with Crippen LogP contribution in [0.25, 0.3) is 0 Å². The number of hydrogen-bond donors (Lipinski definition) is 1. The van der Waals surface area contributed by atoms with Crippen molar-refractivity contribution in [3.05, 3.63) is 46.7 Å². The fourth-order valence-electron chi connectivity index (χ4n) is 1.57. The molecular weight excluding hydrogens is 251 g/mol. The third-order valence-corrected chi connectivity index (χ3v) is 3.57. The molecule has 1 heterocycles. The molecule has 2 rings (SSSR count). The number of aliphatic hydroxyl groups excluding tert-OH is 1. The molecule has 0 aliphatic carbocycles. The molecule has 0 amide bonds. The molecule has 96 valence electrons. The van der Waals surface area contributed by atoms with E-state index in [9.17, 15) is 9.50 Å². The molecule has 0 bridgehead atoms. The lowest BCUT2D eigenvalue weighted by atomic mass is 10.2. The van der Waals surface area contributed by atoms with Crippen molar-refractivity contribution in [2.24, 2.45) is 0 Å². The van der Waals surface area contributed by atoms with Gasteiger partial charge in [0.05, 0.1) is 11.8 Å². The Morgan fingerprint density at radius 1 is 1.39 bits per heavy atom. The van der Waals surface area contributed by atoms with Crippen molar-refractivity contribution in [1.29, 1.82) is 0 Å². The van der Waals surface area contributed by atoms with Crippen LogP contribution in [-0.2, 0) is 6.54 Å². The van der Waals surface area contributed by atoms with Crippen LogP contribution in [0.3, 0.4) is 0 Å². The summed E-state index contributed by atoms with van der Waals surface area (Å²) in [6.45, 7) is 2.35. The summed E-state index contributed by atoms with van der Waals surface area (Å²) in [6, 6.07) is 6.42. The predicted octanol–water partition coefficient (Wildman–Crippen LogP) is 2.97. The number of thiazole rings is 1. The first-order chi connectivity index (χ1) is 8.56. The number of hydrogen-bond acceptors (Lipinski definition) is 4. The quantitative estimate of drug-likeness (QED) is 0.924. The van der Waals surface area contributed by atoms with Crippen molar-refractivity contribution >= 4 is 16.5 Å². The Bertz CT molecular complexity index is 510. The van der Waals surface area contributed by atoms with Gasteiger partial charge in [-0.25, -0.2) is 9.37 Å². The molecule has 1 unspecified atom stereocenters. The number of aromatic nitrogens is 1. The molecular formula is C13H15FN2OS. The molecule has 0 aliphatic heterocycles. The van der Waals surface area contributed by atoms with Gasteiger partial charge in [0.25, 0.3) is 0 Å². The van der Waals surface area contributed by atoms with Crippen molar-refractivity contribution in [2.45, 2.75) is 19.6 Å². The SMILES string of the molecule is CC(O)c1csc(N(C)Cc2ccc(F)cc2)n1. The summed E-state index contributed by atoms with van der Waals surface area (Å²) < 4.78 is 12.8. The molecule has 0 aliphatic rings. The van der Waals surface area contributed by atoms with Crippen LogP contribution < -0.4 is 4.90 Å². The Labute approximate surface area is 110 Å². The van der Waals surface area contributed by atoms with E-state index in [1.165, 1.54) is 23.5 Å². The molecule has 1 N–H and O–H groups in total. The van der Waals surface area contributed by atoms with E-state index in [1.54, 1.807) is 19.1 Å². The number of benzene rings is 1. The van der Waals surface area contributed by atoms with Crippen molar-refractivity contribution in [3.8, 4) is 0 Å². The van der Waals surface area contributed by atoms with Gasteiger partial charge in [-0.15, -0.1) is 11.3 Å². The van der Waals surface area contributed by atoms with Crippen LogP contribution in [0, 0.1) is 5.82 Å². The van der Waals surface area contributed by atoms with Crippen LogP contribution in [0.15, 0.2) is 29.6 Å². The Kier molecular flexibility index (Phi) is 3.93. The third-order valence-electron chi connectivity index (χ3n) is 2.60. The Morgan fingerprint density at radius 2 is 2.06 bits per heavy atom. The minimum Gasteiger partial charge on any atom is -0.387 e. The highest BCUT2D eigenvalue weighted by Crippen LogP contribution is 2.24. The number of aliphatic hydroxyl groups is 1. The van der Waals surface area contributed by atoms with E-state index in [-0.39, 0.29) is 5.82 Å². The predicted molar refractivity (Wildman–Crippen MR) is 71.3 cm³/mol. The largest absolute Gasteiger partial charge is 0.387 e. The highest BCUT2D eigenvalue weighted by Gasteiger charge is 2.10. The van der Waals surface area contributed by atoms with Crippen LogP contribution in [0.5, 0.6) is 0 Å². The Hall–Kier alpha value is -1.46. The zero-order valence-electron chi connectivity index (χ0n) is 10.3. The zero-order valence-corrected chi connectivity index (χ0v) is 11.1. The van der Waals surface area contributed by atoms with Crippen LogP contribution >= 0.6 is 11.3 Å². The maximum atomic E-state index is 12.8. The molecule has 0 fully saturated rings. The summed E-state index contributed by atoms with van der Waals surface area (Å²) in [7, 11) is 1.92. The standard InChI is InChI=1S/C13H15FN2OS/c1-9(17)12-8-18-13(15-12)16(2)7-10-3-5-11(14)6-4-10/h3-6,8-9,17H,7H2,1-2H3. The lowest BCUT2D eigenvalue weighted by molar-refractivity contribution is 0.195. The average Bonchev–Trinajstić information content (AvgIpc) is 2.81. The van der Waals surface area contributed by atoms with Gasteiger partial charge in [-0.3, -0.25) is 0 Å². The zero-order chi connectivity index (χ0) is 13.1. The summed E-state index contributed by atoms with van der Waals surface area (Å²) in [4.78, 5) is 6.32. The first-order valence-electron chi connectivity index (χ1n) is 5.65. The maximum Gasteiger partial charge on any atom is 0.185 e. The van der Waals surface area contributed by atoms with E-state index in [4.69, 9.17) is 0 Å². The van der Waals surface area contributed by atoms with Crippen molar-refractivity contribution in [3.63, 3.8) is 0 Å². The van der Waals surface area contributed by atoms with Crippen LogP contribution in [0.1, 0.15) is 24.3 Å². The summed E-state index contributed by atoms with van der Waals surface area (Å²) in [6.07, 6.45) is -0.547. The molecule has 2 aromatic rings. The van der Waals surface area contributed by atoms with E-state index in [0.717, 1.165) is 10.7 Å². The molecule has 1 aromatic heterocycles. The van der Waals surface area contributed by atoms with E-state index in [0.29, 0.717) is 12.2 Å². The van der Waals surface area contributed by atoms with Gasteiger partial charge in [-0.05, 0) is 24.6 Å². The summed E-state index contributed by atoms with van der Waals surface area (Å²) in [5.74, 6) is -0.230. The molecule has 0 radical (unpaired) electrons. The third kappa shape index (κ3) is 3.05. The second-order valence-electron chi connectivity index (χ2n) is 4.21. The Balaban J connectivity index is 2.06. The van der Waals surface area contributed by atoms with Gasteiger partial charge in [0.15, 0.2) is 5.13 Å². The fourth-order valence-corrected chi connectivity index (χ4v) is 2.45. The molecule has 1 aromatic carbocycles. The average molecular weight is 266 g/mol. The molecule has 18 heavy (non-hydrogen) atoms.